The predicted molar refractivity (Wildman–Crippen MR) is 89.1 cm³/mol. The van der Waals surface area contributed by atoms with Crippen LogP contribution < -0.4 is 10.0 Å². The van der Waals surface area contributed by atoms with Gasteiger partial charge in [-0.3, -0.25) is 4.31 Å². The molecule has 2 aromatic rings. The van der Waals surface area contributed by atoms with Gasteiger partial charge < -0.3 is 5.73 Å². The molecule has 2 N–H and O–H groups in total. The molecule has 0 atom stereocenters. The summed E-state index contributed by atoms with van der Waals surface area (Å²) >= 11 is 4.93. The van der Waals surface area contributed by atoms with Crippen LogP contribution >= 0.6 is 12.2 Å². The largest absolute Gasteiger partial charge is 0.389 e. The zero-order valence-electron chi connectivity index (χ0n) is 11.8. The van der Waals surface area contributed by atoms with Crippen molar-refractivity contribution in [3.63, 3.8) is 0 Å². The van der Waals surface area contributed by atoms with Crippen LogP contribution in [0.2, 0.25) is 0 Å². The fourth-order valence-corrected chi connectivity index (χ4v) is 3.58. The number of hydrogen-bond acceptors (Lipinski definition) is 3. The van der Waals surface area contributed by atoms with E-state index in [1.54, 1.807) is 30.3 Å². The molecule has 0 unspecified atom stereocenters. The van der Waals surface area contributed by atoms with Gasteiger partial charge in [0.1, 0.15) is 4.99 Å². The van der Waals surface area contributed by atoms with Crippen LogP contribution in [0.1, 0.15) is 11.1 Å². The lowest BCUT2D eigenvalue weighted by atomic mass is 10.2. The number of thiocarbonyl (C=S) groups is 1. The molecule has 2 rings (SSSR count). The van der Waals surface area contributed by atoms with Crippen LogP contribution in [0, 0.1) is 6.92 Å². The molecule has 0 heterocycles. The maximum absolute atomic E-state index is 12.8. The van der Waals surface area contributed by atoms with Gasteiger partial charge in [0.25, 0.3) is 10.0 Å². The standard InChI is InChI=1S/C15H16N2O2S2/c1-11-7-9-12(10-8-11)17(2)21(18,19)14-6-4-3-5-13(14)15(16)20/h3-10H,1-2H3,(H2,16,20). The number of benzene rings is 2. The molecule has 0 aliphatic carbocycles. The predicted octanol–water partition coefficient (Wildman–Crippen LogP) is 2.45. The molecule has 4 nitrogen and oxygen atoms in total. The first-order valence-corrected chi connectivity index (χ1v) is 8.13. The van der Waals surface area contributed by atoms with Crippen LogP contribution in [0.15, 0.2) is 53.4 Å². The summed E-state index contributed by atoms with van der Waals surface area (Å²) in [6.45, 7) is 1.94. The second-order valence-corrected chi connectivity index (χ2v) is 7.05. The first kappa shape index (κ1) is 15.5. The minimum atomic E-state index is -3.71. The third kappa shape index (κ3) is 3.06. The summed E-state index contributed by atoms with van der Waals surface area (Å²) in [6.07, 6.45) is 0. The van der Waals surface area contributed by atoms with E-state index in [2.05, 4.69) is 0 Å². The molecule has 110 valence electrons. The van der Waals surface area contributed by atoms with Crippen LogP contribution in [0.5, 0.6) is 0 Å². The highest BCUT2D eigenvalue weighted by atomic mass is 32.2. The molecular weight excluding hydrogens is 304 g/mol. The summed E-state index contributed by atoms with van der Waals surface area (Å²) in [6, 6.07) is 13.7. The van der Waals surface area contributed by atoms with Crippen molar-refractivity contribution in [2.45, 2.75) is 11.8 Å². The Balaban J connectivity index is 2.52. The topological polar surface area (TPSA) is 63.4 Å². The van der Waals surface area contributed by atoms with Crippen molar-refractivity contribution in [1.29, 1.82) is 0 Å². The second kappa shape index (κ2) is 5.83. The summed E-state index contributed by atoms with van der Waals surface area (Å²) < 4.78 is 26.7. The number of sulfonamides is 1. The van der Waals surface area contributed by atoms with Crippen LogP contribution in [-0.2, 0) is 10.0 Å². The van der Waals surface area contributed by atoms with Crippen molar-refractivity contribution in [2.24, 2.45) is 5.73 Å². The fourth-order valence-electron chi connectivity index (χ4n) is 1.94. The molecule has 2 aromatic carbocycles. The smallest absolute Gasteiger partial charge is 0.264 e. The molecule has 0 radical (unpaired) electrons. The van der Waals surface area contributed by atoms with Crippen LogP contribution in [0.3, 0.4) is 0 Å². The summed E-state index contributed by atoms with van der Waals surface area (Å²) in [7, 11) is -2.20. The molecule has 0 aliphatic heterocycles. The van der Waals surface area contributed by atoms with E-state index >= 15 is 0 Å². The molecule has 0 spiro atoms. The number of anilines is 1. The highest BCUT2D eigenvalue weighted by Gasteiger charge is 2.24. The summed E-state index contributed by atoms with van der Waals surface area (Å²) in [5.41, 5.74) is 7.62. The van der Waals surface area contributed by atoms with Crippen molar-refractivity contribution in [2.75, 3.05) is 11.4 Å². The van der Waals surface area contributed by atoms with Gasteiger partial charge in [0, 0.05) is 12.6 Å². The average Bonchev–Trinajstić information content (AvgIpc) is 2.47. The van der Waals surface area contributed by atoms with Gasteiger partial charge in [-0.15, -0.1) is 0 Å². The molecule has 0 fully saturated rings. The minimum absolute atomic E-state index is 0.0616. The normalized spacial score (nSPS) is 11.1. The van der Waals surface area contributed by atoms with E-state index in [9.17, 15) is 8.42 Å². The van der Waals surface area contributed by atoms with E-state index in [0.29, 0.717) is 11.3 Å². The number of hydrogen-bond donors (Lipinski definition) is 1. The monoisotopic (exact) mass is 320 g/mol. The lowest BCUT2D eigenvalue weighted by Gasteiger charge is -2.21. The summed E-state index contributed by atoms with van der Waals surface area (Å²) in [4.78, 5) is 0.173. The van der Waals surface area contributed by atoms with E-state index < -0.39 is 10.0 Å². The van der Waals surface area contributed by atoms with Crippen molar-refractivity contribution in [1.82, 2.24) is 0 Å². The van der Waals surface area contributed by atoms with Crippen LogP contribution in [0.4, 0.5) is 5.69 Å². The van der Waals surface area contributed by atoms with E-state index in [0.717, 1.165) is 5.56 Å². The van der Waals surface area contributed by atoms with Gasteiger partial charge in [-0.25, -0.2) is 8.42 Å². The molecule has 0 aromatic heterocycles. The molecule has 6 heteroatoms. The quantitative estimate of drug-likeness (QED) is 0.879. The van der Waals surface area contributed by atoms with Gasteiger partial charge in [-0.2, -0.15) is 0 Å². The lowest BCUT2D eigenvalue weighted by Crippen LogP contribution is -2.28. The highest BCUT2D eigenvalue weighted by molar-refractivity contribution is 7.93. The Kier molecular flexibility index (Phi) is 4.29. The third-order valence-electron chi connectivity index (χ3n) is 3.19. The van der Waals surface area contributed by atoms with Crippen LogP contribution in [-0.4, -0.2) is 20.5 Å². The maximum atomic E-state index is 12.8. The van der Waals surface area contributed by atoms with E-state index in [1.165, 1.54) is 17.4 Å². The van der Waals surface area contributed by atoms with Gasteiger partial charge in [0.05, 0.1) is 10.6 Å². The summed E-state index contributed by atoms with van der Waals surface area (Å²) in [5, 5.41) is 0. The van der Waals surface area contributed by atoms with Gasteiger partial charge in [-0.1, -0.05) is 48.1 Å². The molecule has 0 amide bonds. The van der Waals surface area contributed by atoms with Crippen molar-refractivity contribution < 1.29 is 8.42 Å². The molecular formula is C15H16N2O2S2. The van der Waals surface area contributed by atoms with E-state index in [-0.39, 0.29) is 9.88 Å². The Morgan fingerprint density at radius 2 is 1.67 bits per heavy atom. The Morgan fingerprint density at radius 1 is 1.10 bits per heavy atom. The third-order valence-corrected chi connectivity index (χ3v) is 5.25. The minimum Gasteiger partial charge on any atom is -0.389 e. The second-order valence-electron chi connectivity index (χ2n) is 4.67. The Hall–Kier alpha value is -1.92. The first-order valence-electron chi connectivity index (χ1n) is 6.28. The zero-order valence-corrected chi connectivity index (χ0v) is 13.4. The molecule has 0 bridgehead atoms. The number of aryl methyl sites for hydroxylation is 1. The van der Waals surface area contributed by atoms with E-state index in [1.807, 2.05) is 19.1 Å². The van der Waals surface area contributed by atoms with E-state index in [4.69, 9.17) is 18.0 Å². The van der Waals surface area contributed by atoms with Gasteiger partial charge in [-0.05, 0) is 25.1 Å². The average molecular weight is 320 g/mol. The number of rotatable bonds is 4. The molecule has 0 aliphatic rings. The first-order chi connectivity index (χ1) is 9.84. The molecule has 0 saturated carbocycles. The molecule has 0 saturated heterocycles. The maximum Gasteiger partial charge on any atom is 0.264 e. The Bertz CT molecular complexity index is 769. The van der Waals surface area contributed by atoms with Crippen molar-refractivity contribution in [3.8, 4) is 0 Å². The van der Waals surface area contributed by atoms with Gasteiger partial charge >= 0.3 is 0 Å². The van der Waals surface area contributed by atoms with Crippen LogP contribution in [0.25, 0.3) is 0 Å². The number of nitrogens with zero attached hydrogens (tertiary/aromatic N) is 1. The van der Waals surface area contributed by atoms with Gasteiger partial charge in [0.15, 0.2) is 0 Å². The highest BCUT2D eigenvalue weighted by Crippen LogP contribution is 2.24. The van der Waals surface area contributed by atoms with Crippen molar-refractivity contribution in [3.05, 3.63) is 59.7 Å². The Labute approximate surface area is 130 Å². The van der Waals surface area contributed by atoms with Gasteiger partial charge in [0.2, 0.25) is 0 Å². The number of nitrogens with two attached hydrogens (primary N) is 1. The van der Waals surface area contributed by atoms with Crippen molar-refractivity contribution >= 4 is 32.9 Å². The fraction of sp³-hybridized carbons (Fsp3) is 0.133. The SMILES string of the molecule is Cc1ccc(N(C)S(=O)(=O)c2ccccc2C(N)=S)cc1. The lowest BCUT2D eigenvalue weighted by molar-refractivity contribution is 0.594. The summed E-state index contributed by atoms with van der Waals surface area (Å²) in [5.74, 6) is 0. The zero-order chi connectivity index (χ0) is 15.6. The Morgan fingerprint density at radius 3 is 2.24 bits per heavy atom. The molecule has 21 heavy (non-hydrogen) atoms.